The lowest BCUT2D eigenvalue weighted by atomic mass is 9.76. The molecule has 1 aliphatic carbocycles. The summed E-state index contributed by atoms with van der Waals surface area (Å²) in [5, 5.41) is 7.34. The molecule has 1 N–H and O–H groups in total. The van der Waals surface area contributed by atoms with Crippen molar-refractivity contribution in [2.75, 3.05) is 13.1 Å². The second-order valence-corrected chi connectivity index (χ2v) is 9.31. The van der Waals surface area contributed by atoms with Gasteiger partial charge < -0.3 is 0 Å². The van der Waals surface area contributed by atoms with E-state index < -0.39 is 15.8 Å². The maximum atomic E-state index is 13.2. The molecule has 1 aromatic heterocycles. The van der Waals surface area contributed by atoms with Crippen LogP contribution in [0, 0.1) is 11.2 Å². The molecule has 0 amide bonds. The average molecular weight is 378 g/mol. The molecule has 1 atom stereocenters. The molecule has 0 radical (unpaired) electrons. The largest absolute Gasteiger partial charge is 0.263 e. The monoisotopic (exact) mass is 378 g/mol. The number of nitrogens with one attached hydrogen (secondary N) is 1. The molecule has 4 rings (SSSR count). The van der Waals surface area contributed by atoms with E-state index in [1.54, 1.807) is 0 Å². The van der Waals surface area contributed by atoms with Crippen molar-refractivity contribution in [3.63, 3.8) is 0 Å². The fourth-order valence-corrected chi connectivity index (χ4v) is 5.98. The summed E-state index contributed by atoms with van der Waals surface area (Å²) in [6.45, 7) is 2.86. The maximum Gasteiger partial charge on any atom is 0.243 e. The van der Waals surface area contributed by atoms with Gasteiger partial charge in [0, 0.05) is 25.4 Å². The topological polar surface area (TPSA) is 79.0 Å². The van der Waals surface area contributed by atoms with Gasteiger partial charge in [0.1, 0.15) is 11.6 Å². The van der Waals surface area contributed by atoms with Gasteiger partial charge in [-0.1, -0.05) is 19.8 Å². The number of rotatable bonds is 4. The molecule has 0 bridgehead atoms. The minimum atomic E-state index is -3.66. The number of sulfonamides is 1. The zero-order valence-electron chi connectivity index (χ0n) is 14.8. The van der Waals surface area contributed by atoms with Crippen molar-refractivity contribution in [1.82, 2.24) is 19.5 Å². The third-order valence-corrected chi connectivity index (χ3v) is 7.69. The van der Waals surface area contributed by atoms with Crippen LogP contribution in [0.4, 0.5) is 4.39 Å². The van der Waals surface area contributed by atoms with Gasteiger partial charge in [0.05, 0.1) is 4.90 Å². The minimum absolute atomic E-state index is 0.00299. The lowest BCUT2D eigenvalue weighted by molar-refractivity contribution is 0.277. The SMILES string of the molecule is CCc1nc(C2CN(S(=O)(=O)c3ccc(F)cc3)CC23CCCC3)n[nH]1. The molecule has 2 heterocycles. The predicted molar refractivity (Wildman–Crippen MR) is 94.6 cm³/mol. The van der Waals surface area contributed by atoms with Gasteiger partial charge in [0.15, 0.2) is 5.82 Å². The number of hydrogen-bond acceptors (Lipinski definition) is 4. The molecule has 8 heteroatoms. The Morgan fingerprint density at radius 1 is 1.27 bits per heavy atom. The quantitative estimate of drug-likeness (QED) is 0.887. The summed E-state index contributed by atoms with van der Waals surface area (Å²) in [5.74, 6) is 1.11. The van der Waals surface area contributed by atoms with Gasteiger partial charge in [-0.05, 0) is 42.5 Å². The van der Waals surface area contributed by atoms with Gasteiger partial charge >= 0.3 is 0 Å². The Hall–Kier alpha value is -1.80. The second-order valence-electron chi connectivity index (χ2n) is 7.37. The first-order chi connectivity index (χ1) is 12.4. The fraction of sp³-hybridized carbons (Fsp3) is 0.556. The van der Waals surface area contributed by atoms with Crippen molar-refractivity contribution < 1.29 is 12.8 Å². The number of nitrogens with zero attached hydrogens (tertiary/aromatic N) is 3. The normalized spacial score (nSPS) is 23.1. The lowest BCUT2D eigenvalue weighted by Crippen LogP contribution is -2.31. The standard InChI is InChI=1S/C18H23FN4O2S/c1-2-16-20-17(22-21-16)15-11-23(12-18(15)9-3-4-10-18)26(24,25)14-7-5-13(19)6-8-14/h5-8,15H,2-4,9-12H2,1H3,(H,20,21,22). The molecule has 2 aliphatic rings. The van der Waals surface area contributed by atoms with E-state index in [-0.39, 0.29) is 16.2 Å². The van der Waals surface area contributed by atoms with E-state index in [0.29, 0.717) is 13.1 Å². The lowest BCUT2D eigenvalue weighted by Gasteiger charge is -2.28. The van der Waals surface area contributed by atoms with Crippen LogP contribution < -0.4 is 0 Å². The fourth-order valence-electron chi connectivity index (χ4n) is 4.43. The van der Waals surface area contributed by atoms with Gasteiger partial charge in [-0.25, -0.2) is 17.8 Å². The summed E-state index contributed by atoms with van der Waals surface area (Å²) >= 11 is 0. The van der Waals surface area contributed by atoms with E-state index in [4.69, 9.17) is 0 Å². The van der Waals surface area contributed by atoms with E-state index in [9.17, 15) is 12.8 Å². The van der Waals surface area contributed by atoms with Crippen LogP contribution in [-0.2, 0) is 16.4 Å². The minimum Gasteiger partial charge on any atom is -0.263 e. The first-order valence-corrected chi connectivity index (χ1v) is 10.6. The van der Waals surface area contributed by atoms with Crippen molar-refractivity contribution in [3.8, 4) is 0 Å². The van der Waals surface area contributed by atoms with Crippen LogP contribution in [0.5, 0.6) is 0 Å². The zero-order valence-corrected chi connectivity index (χ0v) is 15.6. The van der Waals surface area contributed by atoms with Crippen molar-refractivity contribution >= 4 is 10.0 Å². The van der Waals surface area contributed by atoms with Gasteiger partial charge in [-0.3, -0.25) is 5.10 Å². The number of aromatic nitrogens is 3. The van der Waals surface area contributed by atoms with Gasteiger partial charge in [-0.2, -0.15) is 9.40 Å². The van der Waals surface area contributed by atoms with Crippen LogP contribution >= 0.6 is 0 Å². The Morgan fingerprint density at radius 3 is 2.58 bits per heavy atom. The van der Waals surface area contributed by atoms with Gasteiger partial charge in [0.25, 0.3) is 0 Å². The average Bonchev–Trinajstić information content (AvgIpc) is 3.36. The van der Waals surface area contributed by atoms with E-state index in [1.807, 2.05) is 6.92 Å². The molecule has 1 saturated carbocycles. The van der Waals surface area contributed by atoms with Crippen LogP contribution in [0.25, 0.3) is 0 Å². The Labute approximate surface area is 152 Å². The van der Waals surface area contributed by atoms with Crippen LogP contribution in [0.2, 0.25) is 0 Å². The highest BCUT2D eigenvalue weighted by Crippen LogP contribution is 2.53. The number of aromatic amines is 1. The second kappa shape index (κ2) is 6.42. The van der Waals surface area contributed by atoms with Crippen LogP contribution in [0.1, 0.15) is 50.2 Å². The van der Waals surface area contributed by atoms with E-state index >= 15 is 0 Å². The summed E-state index contributed by atoms with van der Waals surface area (Å²) in [4.78, 5) is 4.73. The molecule has 1 unspecified atom stereocenters. The molecule has 2 aromatic rings. The Bertz CT molecular complexity index is 888. The highest BCUT2D eigenvalue weighted by Gasteiger charge is 2.53. The molecule has 1 spiro atoms. The predicted octanol–water partition coefficient (Wildman–Crippen LogP) is 2.85. The number of halogens is 1. The van der Waals surface area contributed by atoms with Gasteiger partial charge in [0.2, 0.25) is 10.0 Å². The molecule has 2 fully saturated rings. The van der Waals surface area contributed by atoms with Crippen molar-refractivity contribution in [1.29, 1.82) is 0 Å². The van der Waals surface area contributed by atoms with Crippen molar-refractivity contribution in [2.24, 2.45) is 5.41 Å². The summed E-state index contributed by atoms with van der Waals surface area (Å²) in [6.07, 6.45) is 4.95. The molecular weight excluding hydrogens is 355 g/mol. The number of aryl methyl sites for hydroxylation is 1. The third-order valence-electron chi connectivity index (χ3n) is 5.86. The number of benzene rings is 1. The molecule has 26 heavy (non-hydrogen) atoms. The number of hydrogen-bond donors (Lipinski definition) is 1. The summed E-state index contributed by atoms with van der Waals surface area (Å²) in [7, 11) is -3.66. The Kier molecular flexibility index (Phi) is 4.35. The van der Waals surface area contributed by atoms with Crippen LogP contribution in [-0.4, -0.2) is 41.0 Å². The Morgan fingerprint density at radius 2 is 1.96 bits per heavy atom. The van der Waals surface area contributed by atoms with Crippen molar-refractivity contribution in [3.05, 3.63) is 41.7 Å². The molecule has 1 saturated heterocycles. The molecule has 1 aromatic carbocycles. The molecule has 6 nitrogen and oxygen atoms in total. The zero-order chi connectivity index (χ0) is 18.4. The number of H-pyrrole nitrogens is 1. The van der Waals surface area contributed by atoms with Crippen molar-refractivity contribution in [2.45, 2.75) is 49.8 Å². The summed E-state index contributed by atoms with van der Waals surface area (Å²) in [5.41, 5.74) is -0.0969. The van der Waals surface area contributed by atoms with Crippen LogP contribution in [0.3, 0.4) is 0 Å². The maximum absolute atomic E-state index is 13.2. The van der Waals surface area contributed by atoms with E-state index in [0.717, 1.165) is 43.8 Å². The van der Waals surface area contributed by atoms with E-state index in [2.05, 4.69) is 15.2 Å². The first-order valence-electron chi connectivity index (χ1n) is 9.11. The van der Waals surface area contributed by atoms with E-state index in [1.165, 1.54) is 28.6 Å². The van der Waals surface area contributed by atoms with Gasteiger partial charge in [-0.15, -0.1) is 0 Å². The summed E-state index contributed by atoms with van der Waals surface area (Å²) < 4.78 is 40.9. The molecular formula is C18H23FN4O2S. The molecule has 140 valence electrons. The smallest absolute Gasteiger partial charge is 0.243 e. The van der Waals surface area contributed by atoms with Crippen LogP contribution in [0.15, 0.2) is 29.2 Å². The molecule has 1 aliphatic heterocycles. The first kappa shape index (κ1) is 17.6. The summed E-state index contributed by atoms with van der Waals surface area (Å²) in [6, 6.07) is 5.05. The highest BCUT2D eigenvalue weighted by atomic mass is 32.2. The Balaban J connectivity index is 1.68. The third kappa shape index (κ3) is 2.85. The highest BCUT2D eigenvalue weighted by molar-refractivity contribution is 7.89.